The molecule has 5 heteroatoms. The first-order chi connectivity index (χ1) is 9.60. The summed E-state index contributed by atoms with van der Waals surface area (Å²) in [6, 6.07) is -0.0227. The summed E-state index contributed by atoms with van der Waals surface area (Å²) in [5.41, 5.74) is 0. The summed E-state index contributed by atoms with van der Waals surface area (Å²) in [6.07, 6.45) is 3.14. The maximum atomic E-state index is 12.4. The van der Waals surface area contributed by atoms with Gasteiger partial charge in [-0.15, -0.1) is 0 Å². The Morgan fingerprint density at radius 3 is 2.65 bits per heavy atom. The van der Waals surface area contributed by atoms with Gasteiger partial charge in [0.1, 0.15) is 0 Å². The second kappa shape index (κ2) is 9.32. The van der Waals surface area contributed by atoms with E-state index in [1.165, 1.54) is 0 Å². The molecule has 1 aliphatic rings. The lowest BCUT2D eigenvalue weighted by atomic mass is 10.0. The van der Waals surface area contributed by atoms with Gasteiger partial charge < -0.3 is 14.4 Å². The van der Waals surface area contributed by atoms with Gasteiger partial charge in [0.25, 0.3) is 0 Å². The number of hydrogen-bond donors (Lipinski definition) is 1. The minimum atomic E-state index is -0.0227. The Hall–Kier alpha value is -0.650. The molecule has 0 aromatic carbocycles. The van der Waals surface area contributed by atoms with Crippen LogP contribution in [0.1, 0.15) is 40.0 Å². The van der Waals surface area contributed by atoms with Gasteiger partial charge in [-0.25, -0.2) is 0 Å². The molecule has 0 saturated carbocycles. The number of carbonyl (C=O) groups excluding carboxylic acids is 1. The zero-order valence-electron chi connectivity index (χ0n) is 13.4. The van der Waals surface area contributed by atoms with E-state index >= 15 is 0 Å². The third-order valence-electron chi connectivity index (χ3n) is 3.53. The zero-order chi connectivity index (χ0) is 15.0. The minimum absolute atomic E-state index is 0.0227. The molecule has 1 N–H and O–H groups in total. The molecule has 20 heavy (non-hydrogen) atoms. The fourth-order valence-corrected chi connectivity index (χ4v) is 2.57. The number of amides is 1. The van der Waals surface area contributed by atoms with Crippen LogP contribution in [0.3, 0.4) is 0 Å². The number of nitrogens with zero attached hydrogens (tertiary/aromatic N) is 1. The normalized spacial score (nSPS) is 23.1. The number of hydrogen-bond acceptors (Lipinski definition) is 4. The molecule has 2 atom stereocenters. The molecule has 1 amide bonds. The van der Waals surface area contributed by atoms with E-state index in [-0.39, 0.29) is 18.1 Å². The van der Waals surface area contributed by atoms with Gasteiger partial charge in [0.2, 0.25) is 5.91 Å². The predicted molar refractivity (Wildman–Crippen MR) is 79.5 cm³/mol. The third kappa shape index (κ3) is 5.38. The fraction of sp³-hybridized carbons (Fsp3) is 0.933. The van der Waals surface area contributed by atoms with Gasteiger partial charge in [-0.1, -0.05) is 27.2 Å². The molecule has 5 nitrogen and oxygen atoms in total. The molecular weight excluding hydrogens is 256 g/mol. The summed E-state index contributed by atoms with van der Waals surface area (Å²) in [6.45, 7) is 8.87. The van der Waals surface area contributed by atoms with E-state index in [4.69, 9.17) is 9.47 Å². The molecule has 1 rings (SSSR count). The highest BCUT2D eigenvalue weighted by molar-refractivity contribution is 5.84. The van der Waals surface area contributed by atoms with Gasteiger partial charge in [-0.3, -0.25) is 10.1 Å². The Bertz CT molecular complexity index is 284. The second-order valence-corrected chi connectivity index (χ2v) is 5.79. The van der Waals surface area contributed by atoms with Crippen molar-refractivity contribution in [2.75, 3.05) is 33.5 Å². The number of nitrogens with one attached hydrogen (secondary N) is 1. The van der Waals surface area contributed by atoms with Crippen LogP contribution in [0.5, 0.6) is 0 Å². The van der Waals surface area contributed by atoms with Crippen LogP contribution in [0.2, 0.25) is 0 Å². The van der Waals surface area contributed by atoms with E-state index in [0.717, 1.165) is 19.3 Å². The standard InChI is InChI=1S/C15H30N2O3/c1-5-6-14-16-13(11-12(2)3)15(18)17(14)7-8-20-10-9-19-4/h12-14,16H,5-11H2,1-4H3. The summed E-state index contributed by atoms with van der Waals surface area (Å²) in [4.78, 5) is 14.4. The second-order valence-electron chi connectivity index (χ2n) is 5.79. The topological polar surface area (TPSA) is 50.8 Å². The first-order valence-electron chi connectivity index (χ1n) is 7.73. The van der Waals surface area contributed by atoms with E-state index < -0.39 is 0 Å². The van der Waals surface area contributed by atoms with Gasteiger partial charge in [-0.05, 0) is 18.8 Å². The summed E-state index contributed by atoms with van der Waals surface area (Å²) >= 11 is 0. The van der Waals surface area contributed by atoms with Gasteiger partial charge in [0.15, 0.2) is 0 Å². The predicted octanol–water partition coefficient (Wildman–Crippen LogP) is 1.62. The molecule has 0 aromatic rings. The van der Waals surface area contributed by atoms with Crippen molar-refractivity contribution in [3.63, 3.8) is 0 Å². The largest absolute Gasteiger partial charge is 0.382 e. The molecule has 1 fully saturated rings. The van der Waals surface area contributed by atoms with Crippen LogP contribution in [0.25, 0.3) is 0 Å². The maximum absolute atomic E-state index is 12.4. The van der Waals surface area contributed by atoms with Crippen molar-refractivity contribution < 1.29 is 14.3 Å². The Morgan fingerprint density at radius 2 is 2.05 bits per heavy atom. The number of rotatable bonds is 10. The summed E-state index contributed by atoms with van der Waals surface area (Å²) in [5, 5.41) is 3.47. The van der Waals surface area contributed by atoms with Crippen molar-refractivity contribution in [1.82, 2.24) is 10.2 Å². The van der Waals surface area contributed by atoms with Crippen molar-refractivity contribution >= 4 is 5.91 Å². The quantitative estimate of drug-likeness (QED) is 0.620. The molecule has 0 aliphatic carbocycles. The molecule has 0 spiro atoms. The van der Waals surface area contributed by atoms with E-state index in [1.807, 2.05) is 4.90 Å². The van der Waals surface area contributed by atoms with Crippen LogP contribution in [0.4, 0.5) is 0 Å². The van der Waals surface area contributed by atoms with E-state index in [1.54, 1.807) is 7.11 Å². The molecule has 0 radical (unpaired) electrons. The Morgan fingerprint density at radius 1 is 1.30 bits per heavy atom. The fourth-order valence-electron chi connectivity index (χ4n) is 2.57. The summed E-state index contributed by atoms with van der Waals surface area (Å²) in [7, 11) is 1.66. The highest BCUT2D eigenvalue weighted by Gasteiger charge is 2.37. The average Bonchev–Trinajstić information content (AvgIpc) is 2.67. The van der Waals surface area contributed by atoms with Gasteiger partial charge >= 0.3 is 0 Å². The molecule has 0 bridgehead atoms. The molecule has 118 valence electrons. The highest BCUT2D eigenvalue weighted by atomic mass is 16.5. The molecule has 1 saturated heterocycles. The van der Waals surface area contributed by atoms with Gasteiger partial charge in [0, 0.05) is 13.7 Å². The lowest BCUT2D eigenvalue weighted by Gasteiger charge is -2.23. The van der Waals surface area contributed by atoms with E-state index in [9.17, 15) is 4.79 Å². The van der Waals surface area contributed by atoms with Crippen LogP contribution in [-0.4, -0.2) is 56.5 Å². The molecule has 1 aliphatic heterocycles. The van der Waals surface area contributed by atoms with Crippen LogP contribution < -0.4 is 5.32 Å². The van der Waals surface area contributed by atoms with Crippen molar-refractivity contribution in [2.45, 2.75) is 52.2 Å². The van der Waals surface area contributed by atoms with Crippen LogP contribution >= 0.6 is 0 Å². The Labute approximate surface area is 123 Å². The lowest BCUT2D eigenvalue weighted by Crippen LogP contribution is -2.39. The van der Waals surface area contributed by atoms with Crippen molar-refractivity contribution in [3.05, 3.63) is 0 Å². The summed E-state index contributed by atoms with van der Waals surface area (Å²) in [5.74, 6) is 0.754. The van der Waals surface area contributed by atoms with Gasteiger partial charge in [0.05, 0.1) is 32.0 Å². The lowest BCUT2D eigenvalue weighted by molar-refractivity contribution is -0.131. The van der Waals surface area contributed by atoms with Crippen molar-refractivity contribution in [1.29, 1.82) is 0 Å². The highest BCUT2D eigenvalue weighted by Crippen LogP contribution is 2.19. The maximum Gasteiger partial charge on any atom is 0.241 e. The smallest absolute Gasteiger partial charge is 0.241 e. The Kier molecular flexibility index (Phi) is 8.11. The minimum Gasteiger partial charge on any atom is -0.382 e. The molecule has 1 heterocycles. The van der Waals surface area contributed by atoms with E-state index in [0.29, 0.717) is 32.3 Å². The molecule has 0 aromatic heterocycles. The monoisotopic (exact) mass is 286 g/mol. The van der Waals surface area contributed by atoms with Crippen LogP contribution in [0.15, 0.2) is 0 Å². The third-order valence-corrected chi connectivity index (χ3v) is 3.53. The van der Waals surface area contributed by atoms with Crippen LogP contribution in [0, 0.1) is 5.92 Å². The SMILES string of the molecule is CCCC1NC(CC(C)C)C(=O)N1CCOCCOC. The van der Waals surface area contributed by atoms with Crippen LogP contribution in [-0.2, 0) is 14.3 Å². The molecular formula is C15H30N2O3. The first-order valence-corrected chi connectivity index (χ1v) is 7.73. The molecule has 2 unspecified atom stereocenters. The summed E-state index contributed by atoms with van der Waals surface area (Å²) < 4.78 is 10.4. The van der Waals surface area contributed by atoms with Gasteiger partial charge in [-0.2, -0.15) is 0 Å². The Balaban J connectivity index is 2.45. The number of methoxy groups -OCH3 is 1. The van der Waals surface area contributed by atoms with Crippen molar-refractivity contribution in [2.24, 2.45) is 5.92 Å². The van der Waals surface area contributed by atoms with E-state index in [2.05, 4.69) is 26.1 Å². The average molecular weight is 286 g/mol. The van der Waals surface area contributed by atoms with Crippen molar-refractivity contribution in [3.8, 4) is 0 Å². The first kappa shape index (κ1) is 17.4. The number of carbonyl (C=O) groups is 1. The number of ether oxygens (including phenoxy) is 2. The zero-order valence-corrected chi connectivity index (χ0v) is 13.4.